The number of aromatic nitrogens is 4. The van der Waals surface area contributed by atoms with E-state index in [2.05, 4.69) is 10.2 Å². The number of anilines is 3. The largest absolute Gasteiger partial charge is 0.334 e. The van der Waals surface area contributed by atoms with Gasteiger partial charge >= 0.3 is 11.4 Å². The molecule has 27 heavy (non-hydrogen) atoms. The molecule has 0 fully saturated rings. The van der Waals surface area contributed by atoms with Crippen LogP contribution in [0.15, 0.2) is 30.3 Å². The Kier molecular flexibility index (Phi) is 4.35. The first-order chi connectivity index (χ1) is 12.7. The monoisotopic (exact) mass is 371 g/mol. The Hall–Kier alpha value is -3.76. The molecular weight excluding hydrogens is 354 g/mol. The van der Waals surface area contributed by atoms with Crippen molar-refractivity contribution in [3.63, 3.8) is 0 Å². The van der Waals surface area contributed by atoms with Crippen LogP contribution in [0.25, 0.3) is 0 Å². The molecule has 2 heterocycles. The Labute approximate surface area is 153 Å². The molecule has 140 valence electrons. The Morgan fingerprint density at radius 1 is 0.852 bits per heavy atom. The third-order valence-corrected chi connectivity index (χ3v) is 4.13. The van der Waals surface area contributed by atoms with Crippen LogP contribution in [-0.2, 0) is 14.1 Å². The number of rotatable bonds is 5. The highest BCUT2D eigenvalue weighted by molar-refractivity contribution is 5.83. The lowest BCUT2D eigenvalue weighted by Crippen LogP contribution is -2.19. The molecule has 0 spiro atoms. The van der Waals surface area contributed by atoms with Crippen molar-refractivity contribution in [2.45, 2.75) is 13.8 Å². The van der Waals surface area contributed by atoms with Gasteiger partial charge in [-0.3, -0.25) is 25.1 Å². The van der Waals surface area contributed by atoms with Gasteiger partial charge in [-0.05, 0) is 26.0 Å². The van der Waals surface area contributed by atoms with Crippen LogP contribution in [0.3, 0.4) is 0 Å². The first-order valence-electron chi connectivity index (χ1n) is 7.95. The van der Waals surface area contributed by atoms with E-state index < -0.39 is 9.85 Å². The summed E-state index contributed by atoms with van der Waals surface area (Å²) in [5, 5.41) is 31.7. The van der Waals surface area contributed by atoms with E-state index in [1.807, 2.05) is 0 Å². The number of nitrogens with zero attached hydrogens (tertiary/aromatic N) is 7. The summed E-state index contributed by atoms with van der Waals surface area (Å²) in [7, 11) is 3.11. The number of benzene rings is 1. The van der Waals surface area contributed by atoms with E-state index in [9.17, 15) is 20.2 Å². The van der Waals surface area contributed by atoms with Crippen molar-refractivity contribution in [3.8, 4) is 0 Å². The van der Waals surface area contributed by atoms with Crippen molar-refractivity contribution < 1.29 is 9.85 Å². The van der Waals surface area contributed by atoms with Gasteiger partial charge in [0, 0.05) is 19.8 Å². The van der Waals surface area contributed by atoms with Gasteiger partial charge in [0.2, 0.25) is 11.6 Å². The van der Waals surface area contributed by atoms with Gasteiger partial charge < -0.3 is 0 Å². The quantitative estimate of drug-likeness (QED) is 0.498. The van der Waals surface area contributed by atoms with E-state index in [0.717, 1.165) is 0 Å². The summed E-state index contributed by atoms with van der Waals surface area (Å²) in [6.07, 6.45) is 0. The SMILES string of the molecule is Cc1nn(C)c(N(c2ccccc2)c2c([N+](=O)[O-])c(C)nn2C)c1[N+](=O)[O-]. The minimum Gasteiger partial charge on any atom is -0.268 e. The molecule has 0 radical (unpaired) electrons. The molecule has 0 atom stereocenters. The van der Waals surface area contributed by atoms with Crippen LogP contribution in [0.2, 0.25) is 0 Å². The lowest BCUT2D eigenvalue weighted by molar-refractivity contribution is -0.385. The highest BCUT2D eigenvalue weighted by atomic mass is 16.6. The third-order valence-electron chi connectivity index (χ3n) is 4.13. The van der Waals surface area contributed by atoms with Crippen LogP contribution in [0.5, 0.6) is 0 Å². The predicted octanol–water partition coefficient (Wildman–Crippen LogP) is 3.06. The van der Waals surface area contributed by atoms with Gasteiger partial charge in [-0.25, -0.2) is 9.36 Å². The Morgan fingerprint density at radius 2 is 1.26 bits per heavy atom. The van der Waals surface area contributed by atoms with E-state index >= 15 is 0 Å². The molecule has 0 aliphatic rings. The minimum absolute atomic E-state index is 0.106. The molecule has 0 saturated carbocycles. The molecule has 0 aliphatic heterocycles. The number of aryl methyl sites for hydroxylation is 4. The zero-order valence-electron chi connectivity index (χ0n) is 15.2. The highest BCUT2D eigenvalue weighted by Gasteiger charge is 2.37. The topological polar surface area (TPSA) is 125 Å². The molecule has 11 nitrogen and oxygen atoms in total. The normalized spacial score (nSPS) is 10.8. The summed E-state index contributed by atoms with van der Waals surface area (Å²) in [6, 6.07) is 8.68. The van der Waals surface area contributed by atoms with Crippen LogP contribution >= 0.6 is 0 Å². The molecule has 0 N–H and O–H groups in total. The first-order valence-corrected chi connectivity index (χ1v) is 7.95. The number of hydrogen-bond acceptors (Lipinski definition) is 7. The smallest absolute Gasteiger partial charge is 0.268 e. The summed E-state index contributed by atoms with van der Waals surface area (Å²) in [6.45, 7) is 3.04. The van der Waals surface area contributed by atoms with Crippen molar-refractivity contribution in [2.75, 3.05) is 4.90 Å². The van der Waals surface area contributed by atoms with Crippen molar-refractivity contribution in [2.24, 2.45) is 14.1 Å². The maximum Gasteiger partial charge on any atom is 0.334 e. The number of hydrogen-bond donors (Lipinski definition) is 0. The van der Waals surface area contributed by atoms with Gasteiger partial charge in [-0.1, -0.05) is 18.2 Å². The molecular formula is C16H17N7O4. The fourth-order valence-corrected chi connectivity index (χ4v) is 3.12. The average Bonchev–Trinajstić information content (AvgIpc) is 3.05. The fourth-order valence-electron chi connectivity index (χ4n) is 3.12. The lowest BCUT2D eigenvalue weighted by Gasteiger charge is -2.23. The average molecular weight is 371 g/mol. The van der Waals surface area contributed by atoms with E-state index in [1.54, 1.807) is 44.4 Å². The second-order valence-electron chi connectivity index (χ2n) is 5.95. The molecule has 0 amide bonds. The molecule has 11 heteroatoms. The molecule has 1 aromatic carbocycles. The summed E-state index contributed by atoms with van der Waals surface area (Å²) in [4.78, 5) is 23.8. The predicted molar refractivity (Wildman–Crippen MR) is 97.4 cm³/mol. The Bertz CT molecular complexity index is 975. The maximum atomic E-state index is 11.7. The van der Waals surface area contributed by atoms with Crippen LogP contribution in [0, 0.1) is 34.1 Å². The molecule has 0 aliphatic carbocycles. The summed E-state index contributed by atoms with van der Waals surface area (Å²) < 4.78 is 2.68. The number of para-hydroxylation sites is 1. The van der Waals surface area contributed by atoms with E-state index in [-0.39, 0.29) is 34.4 Å². The van der Waals surface area contributed by atoms with Crippen LogP contribution < -0.4 is 4.90 Å². The van der Waals surface area contributed by atoms with Gasteiger partial charge in [0.15, 0.2) is 0 Å². The zero-order valence-corrected chi connectivity index (χ0v) is 15.2. The van der Waals surface area contributed by atoms with Crippen molar-refractivity contribution in [1.29, 1.82) is 0 Å². The highest BCUT2D eigenvalue weighted by Crippen LogP contribution is 2.44. The van der Waals surface area contributed by atoms with E-state index in [4.69, 9.17) is 0 Å². The van der Waals surface area contributed by atoms with Crippen molar-refractivity contribution in [3.05, 3.63) is 61.9 Å². The van der Waals surface area contributed by atoms with Gasteiger partial charge in [0.1, 0.15) is 11.4 Å². The van der Waals surface area contributed by atoms with Crippen LogP contribution in [0.1, 0.15) is 11.4 Å². The van der Waals surface area contributed by atoms with E-state index in [0.29, 0.717) is 5.69 Å². The summed E-state index contributed by atoms with van der Waals surface area (Å²) >= 11 is 0. The third kappa shape index (κ3) is 2.88. The van der Waals surface area contributed by atoms with E-state index in [1.165, 1.54) is 28.1 Å². The van der Waals surface area contributed by atoms with Gasteiger partial charge in [0.25, 0.3) is 0 Å². The second-order valence-corrected chi connectivity index (χ2v) is 5.95. The zero-order chi connectivity index (χ0) is 19.9. The summed E-state index contributed by atoms with van der Waals surface area (Å²) in [5.74, 6) is 0.213. The lowest BCUT2D eigenvalue weighted by atomic mass is 10.2. The minimum atomic E-state index is -0.539. The fraction of sp³-hybridized carbons (Fsp3) is 0.250. The molecule has 3 aromatic rings. The van der Waals surface area contributed by atoms with Gasteiger partial charge in [0.05, 0.1) is 9.85 Å². The van der Waals surface area contributed by atoms with Crippen LogP contribution in [-0.4, -0.2) is 29.4 Å². The standard InChI is InChI=1S/C16H17N7O4/c1-10-13(22(24)25)15(19(3)17-10)21(12-8-6-5-7-9-12)16-14(23(26)27)11(2)18-20(16)4/h5-9H,1-4H3. The first kappa shape index (κ1) is 18.0. The molecule has 2 aromatic heterocycles. The molecule has 3 rings (SSSR count). The number of nitro groups is 2. The summed E-state index contributed by atoms with van der Waals surface area (Å²) in [5.41, 5.74) is 0.471. The van der Waals surface area contributed by atoms with Gasteiger partial charge in [-0.2, -0.15) is 10.2 Å². The maximum absolute atomic E-state index is 11.7. The van der Waals surface area contributed by atoms with Gasteiger partial charge in [-0.15, -0.1) is 0 Å². The Morgan fingerprint density at radius 3 is 1.63 bits per heavy atom. The van der Waals surface area contributed by atoms with Crippen molar-refractivity contribution >= 4 is 28.7 Å². The molecule has 0 saturated heterocycles. The van der Waals surface area contributed by atoms with Crippen molar-refractivity contribution in [1.82, 2.24) is 19.6 Å². The van der Waals surface area contributed by atoms with Crippen LogP contribution in [0.4, 0.5) is 28.7 Å². The second kappa shape index (κ2) is 6.52. The molecule has 0 bridgehead atoms. The Balaban J connectivity index is 2.42. The molecule has 0 unspecified atom stereocenters.